The average molecular weight is 347 g/mol. The summed E-state index contributed by atoms with van der Waals surface area (Å²) in [6, 6.07) is 7.22. The number of H-pyrrole nitrogens is 1. The van der Waals surface area contributed by atoms with Gasteiger partial charge in [-0.25, -0.2) is 0 Å². The largest absolute Gasteiger partial charge is 0.317 e. The van der Waals surface area contributed by atoms with E-state index in [0.717, 1.165) is 10.2 Å². The summed E-state index contributed by atoms with van der Waals surface area (Å²) in [6.07, 6.45) is 3.04. The van der Waals surface area contributed by atoms with E-state index < -0.39 is 0 Å². The smallest absolute Gasteiger partial charge is 0.256 e. The van der Waals surface area contributed by atoms with Crippen molar-refractivity contribution in [3.05, 3.63) is 52.7 Å². The highest BCUT2D eigenvalue weighted by atomic mass is 79.9. The predicted octanol–water partition coefficient (Wildman–Crippen LogP) is 2.31. The predicted molar refractivity (Wildman–Crippen MR) is 80.3 cm³/mol. The number of hydrogen-bond acceptors (Lipinski definition) is 4. The van der Waals surface area contributed by atoms with Crippen LogP contribution >= 0.6 is 15.9 Å². The molecule has 3 aromatic rings. The number of nitrogens with zero attached hydrogens (tertiary/aromatic N) is 4. The highest BCUT2D eigenvalue weighted by Crippen LogP contribution is 2.23. The van der Waals surface area contributed by atoms with Crippen LogP contribution in [0, 0.1) is 6.92 Å². The van der Waals surface area contributed by atoms with E-state index in [9.17, 15) is 4.79 Å². The molecule has 1 aromatic carbocycles. The molecule has 21 heavy (non-hydrogen) atoms. The molecule has 0 fully saturated rings. The molecular formula is C13H11BrN6O. The summed E-state index contributed by atoms with van der Waals surface area (Å²) in [6.45, 7) is 1.83. The lowest BCUT2D eigenvalue weighted by atomic mass is 10.2. The number of rotatable bonds is 3. The molecule has 0 saturated carbocycles. The Balaban J connectivity index is 1.94. The molecule has 0 radical (unpaired) electrons. The van der Waals surface area contributed by atoms with Crippen molar-refractivity contribution in [1.82, 2.24) is 25.0 Å². The summed E-state index contributed by atoms with van der Waals surface area (Å²) in [5.41, 5.74) is 1.89. The monoisotopic (exact) mass is 346 g/mol. The van der Waals surface area contributed by atoms with E-state index in [2.05, 4.69) is 41.6 Å². The third kappa shape index (κ3) is 2.57. The zero-order valence-corrected chi connectivity index (χ0v) is 12.6. The first-order chi connectivity index (χ1) is 10.2. The molecule has 0 saturated heterocycles. The van der Waals surface area contributed by atoms with E-state index in [-0.39, 0.29) is 5.91 Å². The number of carbonyl (C=O) groups is 1. The van der Waals surface area contributed by atoms with Crippen molar-refractivity contribution in [3.8, 4) is 5.82 Å². The van der Waals surface area contributed by atoms with Gasteiger partial charge in [0.25, 0.3) is 5.91 Å². The Morgan fingerprint density at radius 3 is 2.71 bits per heavy atom. The van der Waals surface area contributed by atoms with Crippen LogP contribution in [-0.2, 0) is 0 Å². The Kier molecular flexibility index (Phi) is 3.53. The minimum absolute atomic E-state index is 0.221. The average Bonchev–Trinajstić information content (AvgIpc) is 3.10. The van der Waals surface area contributed by atoms with Crippen LogP contribution in [-0.4, -0.2) is 30.9 Å². The Bertz CT molecular complexity index is 780. The van der Waals surface area contributed by atoms with E-state index >= 15 is 0 Å². The van der Waals surface area contributed by atoms with Crippen molar-refractivity contribution in [2.75, 3.05) is 5.32 Å². The molecule has 0 atom stereocenters. The molecule has 0 aliphatic heterocycles. The number of benzene rings is 1. The van der Waals surface area contributed by atoms with Crippen LogP contribution in [0.2, 0.25) is 0 Å². The lowest BCUT2D eigenvalue weighted by molar-refractivity contribution is 0.102. The number of aryl methyl sites for hydroxylation is 1. The second-order valence-corrected chi connectivity index (χ2v) is 5.20. The molecule has 106 valence electrons. The van der Waals surface area contributed by atoms with Gasteiger partial charge in [0.1, 0.15) is 18.3 Å². The lowest BCUT2D eigenvalue weighted by Gasteiger charge is -2.08. The van der Waals surface area contributed by atoms with Crippen LogP contribution in [0.15, 0.2) is 41.4 Å². The van der Waals surface area contributed by atoms with Gasteiger partial charge < -0.3 is 5.32 Å². The first kappa shape index (κ1) is 13.5. The van der Waals surface area contributed by atoms with Gasteiger partial charge in [-0.05, 0) is 35.0 Å². The standard InChI is InChI=1S/C13H11BrN6O/c1-8-11(12(19-18-8)20-6-15-16-7-20)17-13(21)9-4-2-3-5-10(9)14/h2-7H,1H3,(H,17,21)(H,18,19). The number of amides is 1. The van der Waals surface area contributed by atoms with Crippen molar-refractivity contribution in [3.63, 3.8) is 0 Å². The summed E-state index contributed by atoms with van der Waals surface area (Å²) < 4.78 is 2.36. The summed E-state index contributed by atoms with van der Waals surface area (Å²) >= 11 is 3.37. The molecule has 2 aromatic heterocycles. The molecule has 2 heterocycles. The van der Waals surface area contributed by atoms with Gasteiger partial charge in [-0.2, -0.15) is 5.10 Å². The Labute approximate surface area is 128 Å². The van der Waals surface area contributed by atoms with E-state index in [4.69, 9.17) is 0 Å². The number of halogens is 1. The van der Waals surface area contributed by atoms with Crippen molar-refractivity contribution < 1.29 is 4.79 Å². The summed E-state index contributed by atoms with van der Waals surface area (Å²) in [4.78, 5) is 12.4. The second kappa shape index (κ2) is 5.49. The van der Waals surface area contributed by atoms with Crippen LogP contribution in [0.25, 0.3) is 5.82 Å². The maximum Gasteiger partial charge on any atom is 0.256 e. The van der Waals surface area contributed by atoms with Gasteiger partial charge >= 0.3 is 0 Å². The molecular weight excluding hydrogens is 336 g/mol. The van der Waals surface area contributed by atoms with Gasteiger partial charge in [0.05, 0.1) is 11.3 Å². The fourth-order valence-electron chi connectivity index (χ4n) is 1.89. The highest BCUT2D eigenvalue weighted by Gasteiger charge is 2.17. The van der Waals surface area contributed by atoms with Gasteiger partial charge in [-0.15, -0.1) is 10.2 Å². The molecule has 0 aliphatic carbocycles. The second-order valence-electron chi connectivity index (χ2n) is 4.35. The molecule has 0 aliphatic rings. The van der Waals surface area contributed by atoms with Crippen LogP contribution in [0.3, 0.4) is 0 Å². The van der Waals surface area contributed by atoms with Crippen LogP contribution < -0.4 is 5.32 Å². The zero-order valence-electron chi connectivity index (χ0n) is 11.0. The third-order valence-electron chi connectivity index (χ3n) is 2.95. The Morgan fingerprint density at radius 1 is 1.29 bits per heavy atom. The van der Waals surface area contributed by atoms with Gasteiger partial charge in [0, 0.05) is 4.47 Å². The van der Waals surface area contributed by atoms with Crippen molar-refractivity contribution in [2.45, 2.75) is 6.92 Å². The fraction of sp³-hybridized carbons (Fsp3) is 0.0769. The maximum atomic E-state index is 12.4. The minimum Gasteiger partial charge on any atom is -0.317 e. The SMILES string of the molecule is Cc1[nH]nc(-n2cnnc2)c1NC(=O)c1ccccc1Br. The van der Waals surface area contributed by atoms with Gasteiger partial charge in [-0.1, -0.05) is 12.1 Å². The molecule has 3 rings (SSSR count). The van der Waals surface area contributed by atoms with E-state index in [0.29, 0.717) is 17.1 Å². The maximum absolute atomic E-state index is 12.4. The Morgan fingerprint density at radius 2 is 2.00 bits per heavy atom. The summed E-state index contributed by atoms with van der Waals surface area (Å²) in [7, 11) is 0. The number of anilines is 1. The van der Waals surface area contributed by atoms with E-state index in [1.165, 1.54) is 12.7 Å². The molecule has 1 amide bonds. The summed E-state index contributed by atoms with van der Waals surface area (Å²) in [5.74, 6) is 0.319. The van der Waals surface area contributed by atoms with Crippen LogP contribution in [0.1, 0.15) is 16.1 Å². The summed E-state index contributed by atoms with van der Waals surface area (Å²) in [5, 5.41) is 17.3. The normalized spacial score (nSPS) is 10.6. The molecule has 2 N–H and O–H groups in total. The van der Waals surface area contributed by atoms with Gasteiger partial charge in [-0.3, -0.25) is 14.5 Å². The van der Waals surface area contributed by atoms with Gasteiger partial charge in [0.2, 0.25) is 0 Å². The lowest BCUT2D eigenvalue weighted by Crippen LogP contribution is -2.14. The van der Waals surface area contributed by atoms with E-state index in [1.54, 1.807) is 10.6 Å². The number of aromatic nitrogens is 5. The number of aromatic amines is 1. The van der Waals surface area contributed by atoms with Gasteiger partial charge in [0.15, 0.2) is 5.82 Å². The molecule has 0 spiro atoms. The highest BCUT2D eigenvalue weighted by molar-refractivity contribution is 9.10. The van der Waals surface area contributed by atoms with Crippen molar-refractivity contribution in [2.24, 2.45) is 0 Å². The number of carbonyl (C=O) groups excluding carboxylic acids is 1. The fourth-order valence-corrected chi connectivity index (χ4v) is 2.35. The molecule has 8 heteroatoms. The first-order valence-electron chi connectivity index (χ1n) is 6.12. The molecule has 0 bridgehead atoms. The Hall–Kier alpha value is -2.48. The van der Waals surface area contributed by atoms with E-state index in [1.807, 2.05) is 25.1 Å². The third-order valence-corrected chi connectivity index (χ3v) is 3.64. The minimum atomic E-state index is -0.221. The number of nitrogens with one attached hydrogen (secondary N) is 2. The molecule has 7 nitrogen and oxygen atoms in total. The quantitative estimate of drug-likeness (QED) is 0.761. The van der Waals surface area contributed by atoms with Crippen LogP contribution in [0.4, 0.5) is 5.69 Å². The topological polar surface area (TPSA) is 88.5 Å². The van der Waals surface area contributed by atoms with Crippen LogP contribution in [0.5, 0.6) is 0 Å². The first-order valence-corrected chi connectivity index (χ1v) is 6.92. The number of hydrogen-bond donors (Lipinski definition) is 2. The van der Waals surface area contributed by atoms with Crippen molar-refractivity contribution >= 4 is 27.5 Å². The van der Waals surface area contributed by atoms with Crippen molar-refractivity contribution in [1.29, 1.82) is 0 Å². The molecule has 0 unspecified atom stereocenters. The zero-order chi connectivity index (χ0) is 14.8.